The molecule has 7 nitrogen and oxygen atoms in total. The molecule has 0 fully saturated rings. The highest BCUT2D eigenvalue weighted by Crippen LogP contribution is 2.20. The molecule has 2 rings (SSSR count). The van der Waals surface area contributed by atoms with Crippen molar-refractivity contribution in [3.63, 3.8) is 0 Å². The lowest BCUT2D eigenvalue weighted by atomic mass is 10.3. The highest BCUT2D eigenvalue weighted by molar-refractivity contribution is 7.93. The number of benzene rings is 1. The van der Waals surface area contributed by atoms with Crippen LogP contribution in [-0.4, -0.2) is 23.7 Å². The summed E-state index contributed by atoms with van der Waals surface area (Å²) in [6, 6.07) is 5.78. The summed E-state index contributed by atoms with van der Waals surface area (Å²) in [7, 11) is -3.70. The molecule has 0 aliphatic rings. The topological polar surface area (TPSA) is 118 Å². The Kier molecular flexibility index (Phi) is 3.45. The normalized spacial score (nSPS) is 11.4. The first kappa shape index (κ1) is 12.7. The average molecular weight is 286 g/mol. The van der Waals surface area contributed by atoms with E-state index in [1.807, 2.05) is 0 Å². The molecular weight excluding hydrogens is 276 g/mol. The number of sulfonamides is 1. The Bertz CT molecular complexity index is 636. The predicted molar refractivity (Wildman–Crippen MR) is 67.5 cm³/mol. The Morgan fingerprint density at radius 1 is 1.28 bits per heavy atom. The maximum atomic E-state index is 11.9. The van der Waals surface area contributed by atoms with E-state index < -0.39 is 10.0 Å². The molecule has 0 aliphatic heterocycles. The maximum absolute atomic E-state index is 11.9. The summed E-state index contributed by atoms with van der Waals surface area (Å²) >= 11 is 0.970. The van der Waals surface area contributed by atoms with Crippen molar-refractivity contribution >= 4 is 32.2 Å². The van der Waals surface area contributed by atoms with Crippen LogP contribution in [0.4, 0.5) is 10.8 Å². The Morgan fingerprint density at radius 2 is 1.94 bits per heavy atom. The van der Waals surface area contributed by atoms with Crippen LogP contribution in [0.25, 0.3) is 0 Å². The molecule has 18 heavy (non-hydrogen) atoms. The molecule has 0 amide bonds. The van der Waals surface area contributed by atoms with Crippen LogP contribution >= 0.6 is 11.3 Å². The molecule has 96 valence electrons. The van der Waals surface area contributed by atoms with Crippen molar-refractivity contribution in [2.24, 2.45) is 0 Å². The van der Waals surface area contributed by atoms with Crippen molar-refractivity contribution in [3.8, 4) is 0 Å². The molecule has 0 spiro atoms. The minimum absolute atomic E-state index is 0.0810. The first-order chi connectivity index (χ1) is 8.51. The Morgan fingerprint density at radius 3 is 2.50 bits per heavy atom. The van der Waals surface area contributed by atoms with Crippen LogP contribution in [-0.2, 0) is 16.6 Å². The average Bonchev–Trinajstić information content (AvgIpc) is 2.76. The number of anilines is 2. The summed E-state index contributed by atoms with van der Waals surface area (Å²) in [6.45, 7) is -0.277. The van der Waals surface area contributed by atoms with Crippen molar-refractivity contribution in [2.45, 2.75) is 11.5 Å². The zero-order chi connectivity index (χ0) is 13.2. The van der Waals surface area contributed by atoms with Crippen LogP contribution in [0.2, 0.25) is 0 Å². The number of nitrogens with two attached hydrogens (primary N) is 1. The molecule has 0 bridgehead atoms. The molecule has 9 heteroatoms. The second-order valence-electron chi connectivity index (χ2n) is 3.33. The van der Waals surface area contributed by atoms with E-state index in [0.29, 0.717) is 10.7 Å². The molecule has 0 aliphatic carbocycles. The molecule has 1 aromatic heterocycles. The van der Waals surface area contributed by atoms with Crippen LogP contribution in [0, 0.1) is 0 Å². The van der Waals surface area contributed by atoms with Gasteiger partial charge in [0, 0.05) is 5.69 Å². The van der Waals surface area contributed by atoms with Crippen molar-refractivity contribution in [1.29, 1.82) is 0 Å². The van der Waals surface area contributed by atoms with Crippen LogP contribution in [0.5, 0.6) is 0 Å². The lowest BCUT2D eigenvalue weighted by Gasteiger charge is -2.04. The van der Waals surface area contributed by atoms with Crippen molar-refractivity contribution in [1.82, 2.24) is 10.2 Å². The number of nitrogens with one attached hydrogen (secondary N) is 1. The van der Waals surface area contributed by atoms with Gasteiger partial charge in [-0.15, -0.1) is 10.2 Å². The van der Waals surface area contributed by atoms with E-state index >= 15 is 0 Å². The van der Waals surface area contributed by atoms with Gasteiger partial charge in [0.2, 0.25) is 5.13 Å². The van der Waals surface area contributed by atoms with E-state index in [9.17, 15) is 8.42 Å². The minimum atomic E-state index is -3.70. The van der Waals surface area contributed by atoms with Gasteiger partial charge in [0.05, 0.1) is 11.5 Å². The number of aromatic nitrogens is 2. The molecular formula is C9H10N4O3S2. The fourth-order valence-corrected chi connectivity index (χ4v) is 3.01. The van der Waals surface area contributed by atoms with Gasteiger partial charge < -0.3 is 10.8 Å². The number of rotatable bonds is 4. The van der Waals surface area contributed by atoms with Crippen LogP contribution < -0.4 is 10.5 Å². The highest BCUT2D eigenvalue weighted by atomic mass is 32.2. The smallest absolute Gasteiger partial charge is 0.263 e. The van der Waals surface area contributed by atoms with E-state index in [4.69, 9.17) is 10.8 Å². The third-order valence-corrected chi connectivity index (χ3v) is 4.32. The quantitative estimate of drug-likeness (QED) is 0.701. The summed E-state index contributed by atoms with van der Waals surface area (Å²) in [5.74, 6) is 0. The highest BCUT2D eigenvalue weighted by Gasteiger charge is 2.16. The van der Waals surface area contributed by atoms with Gasteiger partial charge in [0.25, 0.3) is 10.0 Å². The first-order valence-corrected chi connectivity index (χ1v) is 7.13. The lowest BCUT2D eigenvalue weighted by Crippen LogP contribution is -2.12. The number of nitrogens with zero attached hydrogens (tertiary/aromatic N) is 2. The number of hydrogen-bond donors (Lipinski definition) is 3. The van der Waals surface area contributed by atoms with Crippen LogP contribution in [0.3, 0.4) is 0 Å². The standard InChI is InChI=1S/C9H10N4O3S2/c10-6-1-3-7(4-2-6)18(15,16)13-9-12-11-8(5-14)17-9/h1-4,14H,5,10H2,(H,12,13). The second kappa shape index (κ2) is 4.88. The van der Waals surface area contributed by atoms with Gasteiger partial charge >= 0.3 is 0 Å². The van der Waals surface area contributed by atoms with E-state index in [1.54, 1.807) is 0 Å². The largest absolute Gasteiger partial charge is 0.399 e. The number of nitrogen functional groups attached to an aromatic ring is 1. The summed E-state index contributed by atoms with van der Waals surface area (Å²) in [4.78, 5) is 0.0810. The van der Waals surface area contributed by atoms with Crippen molar-refractivity contribution < 1.29 is 13.5 Å². The summed E-state index contributed by atoms with van der Waals surface area (Å²) in [5, 5.41) is 16.5. The van der Waals surface area contributed by atoms with Crippen LogP contribution in [0.15, 0.2) is 29.2 Å². The van der Waals surface area contributed by atoms with E-state index in [0.717, 1.165) is 11.3 Å². The fraction of sp³-hybridized carbons (Fsp3) is 0.111. The molecule has 0 saturated carbocycles. The zero-order valence-corrected chi connectivity index (χ0v) is 10.7. The fourth-order valence-electron chi connectivity index (χ4n) is 1.18. The Balaban J connectivity index is 2.24. The zero-order valence-electron chi connectivity index (χ0n) is 9.07. The first-order valence-electron chi connectivity index (χ1n) is 4.83. The van der Waals surface area contributed by atoms with Gasteiger partial charge in [0.1, 0.15) is 5.01 Å². The minimum Gasteiger partial charge on any atom is -0.399 e. The number of aliphatic hydroxyl groups excluding tert-OH is 1. The monoisotopic (exact) mass is 286 g/mol. The molecule has 0 radical (unpaired) electrons. The Hall–Kier alpha value is -1.71. The van der Waals surface area contributed by atoms with Gasteiger partial charge in [-0.25, -0.2) is 8.42 Å². The molecule has 4 N–H and O–H groups in total. The summed E-state index contributed by atoms with van der Waals surface area (Å²) in [6.07, 6.45) is 0. The SMILES string of the molecule is Nc1ccc(S(=O)(=O)Nc2nnc(CO)s2)cc1. The van der Waals surface area contributed by atoms with E-state index in [1.165, 1.54) is 24.3 Å². The third-order valence-electron chi connectivity index (χ3n) is 2.01. The third kappa shape index (κ3) is 2.75. The van der Waals surface area contributed by atoms with Gasteiger partial charge in [-0.3, -0.25) is 4.72 Å². The van der Waals surface area contributed by atoms with Crippen LogP contribution in [0.1, 0.15) is 5.01 Å². The van der Waals surface area contributed by atoms with Gasteiger partial charge in [-0.2, -0.15) is 0 Å². The van der Waals surface area contributed by atoms with Crippen molar-refractivity contribution in [2.75, 3.05) is 10.5 Å². The lowest BCUT2D eigenvalue weighted by molar-refractivity contribution is 0.280. The number of aliphatic hydroxyl groups is 1. The van der Waals surface area contributed by atoms with Crippen molar-refractivity contribution in [3.05, 3.63) is 29.3 Å². The second-order valence-corrected chi connectivity index (χ2v) is 6.08. The summed E-state index contributed by atoms with van der Waals surface area (Å²) < 4.78 is 26.1. The van der Waals surface area contributed by atoms with E-state index in [-0.39, 0.29) is 16.6 Å². The number of hydrogen-bond acceptors (Lipinski definition) is 7. The molecule has 2 aromatic rings. The van der Waals surface area contributed by atoms with Gasteiger partial charge in [-0.05, 0) is 24.3 Å². The van der Waals surface area contributed by atoms with E-state index in [2.05, 4.69) is 14.9 Å². The Labute approximate surface area is 107 Å². The molecule has 0 unspecified atom stereocenters. The maximum Gasteiger partial charge on any atom is 0.263 e. The molecule has 1 heterocycles. The molecule has 1 aromatic carbocycles. The molecule has 0 saturated heterocycles. The predicted octanol–water partition coefficient (Wildman–Crippen LogP) is 0.413. The summed E-state index contributed by atoms with van der Waals surface area (Å²) in [5.41, 5.74) is 5.96. The van der Waals surface area contributed by atoms with Gasteiger partial charge in [-0.1, -0.05) is 11.3 Å². The van der Waals surface area contributed by atoms with Gasteiger partial charge in [0.15, 0.2) is 0 Å². The molecule has 0 atom stereocenters.